The summed E-state index contributed by atoms with van der Waals surface area (Å²) >= 11 is 0. The van der Waals surface area contributed by atoms with Crippen LogP contribution in [0.4, 0.5) is 17.3 Å². The highest BCUT2D eigenvalue weighted by molar-refractivity contribution is 5.81. The molecule has 0 atom stereocenters. The van der Waals surface area contributed by atoms with Gasteiger partial charge >= 0.3 is 0 Å². The SMILES string of the molecule is Nc1c(NNC(=O)COc2ccccc2)ncnc1NC1CCCCCC1. The van der Waals surface area contributed by atoms with E-state index < -0.39 is 0 Å². The predicted molar refractivity (Wildman–Crippen MR) is 105 cm³/mol. The number of nitrogens with one attached hydrogen (secondary N) is 3. The Morgan fingerprint density at radius 1 is 1.07 bits per heavy atom. The van der Waals surface area contributed by atoms with Gasteiger partial charge in [-0.25, -0.2) is 9.97 Å². The molecule has 1 aromatic carbocycles. The monoisotopic (exact) mass is 370 g/mol. The Balaban J connectivity index is 1.51. The molecule has 8 heteroatoms. The molecule has 27 heavy (non-hydrogen) atoms. The summed E-state index contributed by atoms with van der Waals surface area (Å²) in [6, 6.07) is 9.51. The van der Waals surface area contributed by atoms with Crippen LogP contribution in [0.3, 0.4) is 0 Å². The second-order valence-corrected chi connectivity index (χ2v) is 6.59. The van der Waals surface area contributed by atoms with Gasteiger partial charge in [0.25, 0.3) is 5.91 Å². The van der Waals surface area contributed by atoms with Crippen molar-refractivity contribution in [2.75, 3.05) is 23.1 Å². The van der Waals surface area contributed by atoms with Gasteiger partial charge in [-0.2, -0.15) is 0 Å². The molecule has 0 aliphatic heterocycles. The number of carbonyl (C=O) groups is 1. The van der Waals surface area contributed by atoms with Gasteiger partial charge in [-0.3, -0.25) is 15.6 Å². The summed E-state index contributed by atoms with van der Waals surface area (Å²) in [7, 11) is 0. The average Bonchev–Trinajstić information content (AvgIpc) is 2.96. The Morgan fingerprint density at radius 3 is 2.52 bits per heavy atom. The lowest BCUT2D eigenvalue weighted by molar-refractivity contribution is -0.122. The smallest absolute Gasteiger partial charge is 0.276 e. The molecule has 0 spiro atoms. The van der Waals surface area contributed by atoms with Crippen molar-refractivity contribution in [3.8, 4) is 5.75 Å². The van der Waals surface area contributed by atoms with Crippen LogP contribution in [-0.2, 0) is 4.79 Å². The first-order valence-corrected chi connectivity index (χ1v) is 9.32. The van der Waals surface area contributed by atoms with E-state index in [2.05, 4.69) is 26.1 Å². The molecular weight excluding hydrogens is 344 g/mol. The molecule has 0 bridgehead atoms. The number of ether oxygens (including phenoxy) is 1. The fraction of sp³-hybridized carbons (Fsp3) is 0.421. The molecule has 2 aromatic rings. The Hall–Kier alpha value is -3.03. The van der Waals surface area contributed by atoms with Gasteiger partial charge in [0, 0.05) is 6.04 Å². The molecule has 1 aliphatic rings. The summed E-state index contributed by atoms with van der Waals surface area (Å²) in [5.74, 6) is 1.24. The fourth-order valence-corrected chi connectivity index (χ4v) is 3.06. The van der Waals surface area contributed by atoms with E-state index in [1.54, 1.807) is 12.1 Å². The van der Waals surface area contributed by atoms with E-state index in [9.17, 15) is 4.79 Å². The van der Waals surface area contributed by atoms with Crippen LogP contribution in [0.5, 0.6) is 5.75 Å². The second-order valence-electron chi connectivity index (χ2n) is 6.59. The number of hydrogen-bond acceptors (Lipinski definition) is 7. The van der Waals surface area contributed by atoms with Crippen molar-refractivity contribution in [3.05, 3.63) is 36.7 Å². The van der Waals surface area contributed by atoms with Crippen molar-refractivity contribution in [2.45, 2.75) is 44.6 Å². The lowest BCUT2D eigenvalue weighted by Crippen LogP contribution is -2.34. The normalized spacial score (nSPS) is 14.8. The molecule has 0 unspecified atom stereocenters. The van der Waals surface area contributed by atoms with E-state index in [1.165, 1.54) is 32.0 Å². The van der Waals surface area contributed by atoms with E-state index in [0.29, 0.717) is 29.1 Å². The number of benzene rings is 1. The van der Waals surface area contributed by atoms with E-state index in [0.717, 1.165) is 12.8 Å². The first-order chi connectivity index (χ1) is 13.2. The number of aromatic nitrogens is 2. The zero-order chi connectivity index (χ0) is 18.9. The van der Waals surface area contributed by atoms with Gasteiger partial charge in [-0.05, 0) is 25.0 Å². The summed E-state index contributed by atoms with van der Waals surface area (Å²) in [4.78, 5) is 20.3. The van der Waals surface area contributed by atoms with Crippen LogP contribution in [0.1, 0.15) is 38.5 Å². The first kappa shape index (κ1) is 18.8. The number of nitrogens with two attached hydrogens (primary N) is 1. The van der Waals surface area contributed by atoms with Crippen LogP contribution in [0.2, 0.25) is 0 Å². The van der Waals surface area contributed by atoms with Crippen molar-refractivity contribution in [3.63, 3.8) is 0 Å². The van der Waals surface area contributed by atoms with Gasteiger partial charge in [-0.1, -0.05) is 43.9 Å². The number of rotatable bonds is 7. The molecule has 144 valence electrons. The van der Waals surface area contributed by atoms with Crippen LogP contribution in [0.15, 0.2) is 36.7 Å². The number of nitrogens with zero attached hydrogens (tertiary/aromatic N) is 2. The summed E-state index contributed by atoms with van der Waals surface area (Å²) in [6.07, 6.45) is 8.63. The van der Waals surface area contributed by atoms with Crippen molar-refractivity contribution >= 4 is 23.2 Å². The molecule has 1 aromatic heterocycles. The zero-order valence-corrected chi connectivity index (χ0v) is 15.3. The van der Waals surface area contributed by atoms with Crippen molar-refractivity contribution in [2.24, 2.45) is 0 Å². The van der Waals surface area contributed by atoms with E-state index >= 15 is 0 Å². The fourth-order valence-electron chi connectivity index (χ4n) is 3.06. The Morgan fingerprint density at radius 2 is 1.78 bits per heavy atom. The molecule has 1 aliphatic carbocycles. The molecule has 3 rings (SSSR count). The zero-order valence-electron chi connectivity index (χ0n) is 15.3. The third-order valence-corrected chi connectivity index (χ3v) is 4.51. The van der Waals surface area contributed by atoms with Gasteiger partial charge in [-0.15, -0.1) is 0 Å². The number of nitrogen functional groups attached to an aromatic ring is 1. The molecule has 1 saturated carbocycles. The number of anilines is 3. The van der Waals surface area contributed by atoms with Crippen LogP contribution < -0.4 is 26.6 Å². The number of hydrazine groups is 1. The molecule has 5 N–H and O–H groups in total. The number of para-hydroxylation sites is 1. The average molecular weight is 370 g/mol. The summed E-state index contributed by atoms with van der Waals surface area (Å²) < 4.78 is 5.39. The minimum absolute atomic E-state index is 0.116. The van der Waals surface area contributed by atoms with Gasteiger partial charge in [0.15, 0.2) is 18.2 Å². The van der Waals surface area contributed by atoms with Crippen LogP contribution in [0.25, 0.3) is 0 Å². The van der Waals surface area contributed by atoms with E-state index in [1.807, 2.05) is 18.2 Å². The number of carbonyl (C=O) groups excluding carboxylic acids is 1. The van der Waals surface area contributed by atoms with E-state index in [4.69, 9.17) is 10.5 Å². The summed E-state index contributed by atoms with van der Waals surface area (Å²) in [5, 5.41) is 3.41. The maximum Gasteiger partial charge on any atom is 0.276 e. The molecule has 0 saturated heterocycles. The Bertz CT molecular complexity index is 732. The minimum Gasteiger partial charge on any atom is -0.484 e. The van der Waals surface area contributed by atoms with Crippen LogP contribution in [0, 0.1) is 0 Å². The minimum atomic E-state index is -0.338. The van der Waals surface area contributed by atoms with Gasteiger partial charge in [0.2, 0.25) is 0 Å². The largest absolute Gasteiger partial charge is 0.484 e. The molecular formula is C19H26N6O2. The molecule has 8 nitrogen and oxygen atoms in total. The molecule has 1 fully saturated rings. The Kier molecular flexibility index (Phi) is 6.67. The lowest BCUT2D eigenvalue weighted by Gasteiger charge is -2.19. The Labute approximate surface area is 158 Å². The number of hydrogen-bond donors (Lipinski definition) is 4. The third-order valence-electron chi connectivity index (χ3n) is 4.51. The summed E-state index contributed by atoms with van der Waals surface area (Å²) in [5.41, 5.74) is 11.8. The predicted octanol–water partition coefficient (Wildman–Crippen LogP) is 2.72. The third kappa shape index (κ3) is 5.73. The summed E-state index contributed by atoms with van der Waals surface area (Å²) in [6.45, 7) is -0.116. The molecule has 1 amide bonds. The van der Waals surface area contributed by atoms with E-state index in [-0.39, 0.29) is 12.5 Å². The highest BCUT2D eigenvalue weighted by atomic mass is 16.5. The highest BCUT2D eigenvalue weighted by Crippen LogP contribution is 2.26. The first-order valence-electron chi connectivity index (χ1n) is 9.32. The highest BCUT2D eigenvalue weighted by Gasteiger charge is 2.16. The van der Waals surface area contributed by atoms with Crippen molar-refractivity contribution < 1.29 is 9.53 Å². The molecule has 0 radical (unpaired) electrons. The maximum absolute atomic E-state index is 11.9. The topological polar surface area (TPSA) is 114 Å². The quantitative estimate of drug-likeness (QED) is 0.438. The van der Waals surface area contributed by atoms with Crippen LogP contribution in [-0.4, -0.2) is 28.5 Å². The van der Waals surface area contributed by atoms with Gasteiger partial charge in [0.05, 0.1) is 0 Å². The lowest BCUT2D eigenvalue weighted by atomic mass is 10.1. The number of amides is 1. The van der Waals surface area contributed by atoms with Crippen molar-refractivity contribution in [1.82, 2.24) is 15.4 Å². The van der Waals surface area contributed by atoms with Crippen molar-refractivity contribution in [1.29, 1.82) is 0 Å². The van der Waals surface area contributed by atoms with Gasteiger partial charge < -0.3 is 15.8 Å². The van der Waals surface area contributed by atoms with Gasteiger partial charge in [0.1, 0.15) is 17.8 Å². The maximum atomic E-state index is 11.9. The molecule has 1 heterocycles. The van der Waals surface area contributed by atoms with Crippen LogP contribution >= 0.6 is 0 Å². The standard InChI is InChI=1S/C19H26N6O2/c20-17-18(23-14-8-4-1-2-5-9-14)21-13-22-19(17)25-24-16(26)12-27-15-10-6-3-7-11-15/h3,6-7,10-11,13-14H,1-2,4-5,8-9,12,20H2,(H,24,26)(H2,21,22,23,25). The second kappa shape index (κ2) is 9.61.